The lowest BCUT2D eigenvalue weighted by molar-refractivity contribution is 0.175. The van der Waals surface area contributed by atoms with E-state index in [2.05, 4.69) is 5.10 Å². The molecule has 7 heteroatoms. The zero-order valence-electron chi connectivity index (χ0n) is 12.0. The zero-order valence-corrected chi connectivity index (χ0v) is 13.6. The molecule has 0 fully saturated rings. The molecule has 1 unspecified atom stereocenters. The Morgan fingerprint density at radius 2 is 2.10 bits per heavy atom. The van der Waals surface area contributed by atoms with Crippen molar-refractivity contribution in [1.82, 2.24) is 9.78 Å². The lowest BCUT2D eigenvalue weighted by atomic mass is 10.0. The molecule has 1 aromatic heterocycles. The minimum absolute atomic E-state index is 0.186. The largest absolute Gasteiger partial charge is 0.388 e. The maximum atomic E-state index is 11.6. The molecule has 0 aliphatic heterocycles. The van der Waals surface area contributed by atoms with E-state index in [0.29, 0.717) is 22.0 Å². The van der Waals surface area contributed by atoms with Crippen LogP contribution in [0.25, 0.3) is 0 Å². The summed E-state index contributed by atoms with van der Waals surface area (Å²) >= 11 is 6.16. The van der Waals surface area contributed by atoms with E-state index < -0.39 is 15.9 Å². The minimum atomic E-state index is -3.30. The van der Waals surface area contributed by atoms with E-state index in [9.17, 15) is 13.5 Å². The second-order valence-corrected chi connectivity index (χ2v) is 7.43. The summed E-state index contributed by atoms with van der Waals surface area (Å²) in [6.07, 6.45) is 0.558. The van der Waals surface area contributed by atoms with Crippen LogP contribution in [0.1, 0.15) is 23.1 Å². The molecule has 5 nitrogen and oxygen atoms in total. The van der Waals surface area contributed by atoms with E-state index in [1.807, 2.05) is 0 Å². The molecule has 21 heavy (non-hydrogen) atoms. The number of aliphatic hydroxyl groups excluding tert-OH is 1. The van der Waals surface area contributed by atoms with Crippen LogP contribution in [0.5, 0.6) is 0 Å². The van der Waals surface area contributed by atoms with Gasteiger partial charge in [-0.15, -0.1) is 0 Å². The van der Waals surface area contributed by atoms with Crippen molar-refractivity contribution in [2.45, 2.75) is 24.3 Å². The number of nitrogens with zero attached hydrogens (tertiary/aromatic N) is 2. The van der Waals surface area contributed by atoms with Crippen LogP contribution in [0.3, 0.4) is 0 Å². The first kappa shape index (κ1) is 16.0. The first-order valence-corrected chi connectivity index (χ1v) is 8.63. The van der Waals surface area contributed by atoms with Crippen molar-refractivity contribution in [3.05, 3.63) is 46.2 Å². The highest BCUT2D eigenvalue weighted by atomic mass is 35.5. The summed E-state index contributed by atoms with van der Waals surface area (Å²) in [5, 5.41) is 15.0. The first-order valence-electron chi connectivity index (χ1n) is 6.36. The summed E-state index contributed by atoms with van der Waals surface area (Å²) in [6.45, 7) is 1.79. The van der Waals surface area contributed by atoms with Crippen molar-refractivity contribution in [3.63, 3.8) is 0 Å². The van der Waals surface area contributed by atoms with Crippen molar-refractivity contribution in [1.29, 1.82) is 0 Å². The fourth-order valence-corrected chi connectivity index (χ4v) is 3.07. The lowest BCUT2D eigenvalue weighted by Crippen LogP contribution is -2.08. The van der Waals surface area contributed by atoms with E-state index in [1.54, 1.807) is 30.8 Å². The van der Waals surface area contributed by atoms with Gasteiger partial charge in [-0.1, -0.05) is 23.7 Å². The van der Waals surface area contributed by atoms with Gasteiger partial charge in [-0.3, -0.25) is 4.68 Å². The van der Waals surface area contributed by atoms with Crippen LogP contribution >= 0.6 is 11.6 Å². The van der Waals surface area contributed by atoms with Crippen LogP contribution in [0.4, 0.5) is 0 Å². The summed E-state index contributed by atoms with van der Waals surface area (Å²) in [7, 11) is -1.54. The fraction of sp³-hybridized carbons (Fsp3) is 0.357. The summed E-state index contributed by atoms with van der Waals surface area (Å²) in [5.41, 5.74) is 1.95. The second kappa shape index (κ2) is 5.79. The van der Waals surface area contributed by atoms with Crippen molar-refractivity contribution < 1.29 is 13.5 Å². The first-order chi connectivity index (χ1) is 9.70. The van der Waals surface area contributed by atoms with Crippen molar-refractivity contribution in [2.24, 2.45) is 7.05 Å². The molecular formula is C14H17ClN2O3S. The number of sulfone groups is 1. The third-order valence-electron chi connectivity index (χ3n) is 3.32. The molecule has 2 aromatic rings. The highest BCUT2D eigenvalue weighted by Crippen LogP contribution is 2.26. The van der Waals surface area contributed by atoms with Gasteiger partial charge in [0.2, 0.25) is 0 Å². The Morgan fingerprint density at radius 3 is 2.62 bits per heavy atom. The number of aromatic nitrogens is 2. The Balaban J connectivity index is 2.31. The minimum Gasteiger partial charge on any atom is -0.388 e. The molecule has 0 aliphatic rings. The molecule has 1 N–H and O–H groups in total. The Bertz CT molecular complexity index is 769. The molecule has 1 atom stereocenters. The quantitative estimate of drug-likeness (QED) is 0.932. The monoisotopic (exact) mass is 328 g/mol. The molecule has 0 amide bonds. The number of halogens is 1. The Hall–Kier alpha value is -1.37. The van der Waals surface area contributed by atoms with E-state index >= 15 is 0 Å². The van der Waals surface area contributed by atoms with Gasteiger partial charge < -0.3 is 5.11 Å². The summed E-state index contributed by atoms with van der Waals surface area (Å²) in [5.74, 6) is 0. The molecule has 2 rings (SSSR count). The van der Waals surface area contributed by atoms with Crippen molar-refractivity contribution in [3.8, 4) is 0 Å². The Morgan fingerprint density at radius 1 is 1.43 bits per heavy atom. The van der Waals surface area contributed by atoms with Gasteiger partial charge in [-0.05, 0) is 24.6 Å². The van der Waals surface area contributed by atoms with Gasteiger partial charge in [0, 0.05) is 19.7 Å². The number of aliphatic hydroxyl groups is 1. The third-order valence-corrected chi connectivity index (χ3v) is 4.92. The Labute approximate surface area is 129 Å². The maximum absolute atomic E-state index is 11.6. The topological polar surface area (TPSA) is 72.2 Å². The molecule has 1 aromatic carbocycles. The second-order valence-electron chi connectivity index (χ2n) is 5.03. The van der Waals surface area contributed by atoms with E-state index in [0.717, 1.165) is 6.26 Å². The number of hydrogen-bond acceptors (Lipinski definition) is 4. The van der Waals surface area contributed by atoms with Gasteiger partial charge >= 0.3 is 0 Å². The van der Waals surface area contributed by atoms with Gasteiger partial charge in [-0.2, -0.15) is 5.10 Å². The van der Waals surface area contributed by atoms with Gasteiger partial charge in [0.05, 0.1) is 27.4 Å². The fourth-order valence-electron chi connectivity index (χ4n) is 2.16. The third kappa shape index (κ3) is 3.45. The SMILES string of the molecule is Cc1nn(C)c(CC(O)c2cccc(S(C)(=O)=O)c2)c1Cl. The van der Waals surface area contributed by atoms with E-state index in [4.69, 9.17) is 11.6 Å². The highest BCUT2D eigenvalue weighted by molar-refractivity contribution is 7.90. The van der Waals surface area contributed by atoms with Gasteiger partial charge in [0.1, 0.15) is 0 Å². The highest BCUT2D eigenvalue weighted by Gasteiger charge is 2.18. The van der Waals surface area contributed by atoms with E-state index in [1.165, 1.54) is 12.1 Å². The molecule has 0 spiro atoms. The smallest absolute Gasteiger partial charge is 0.175 e. The van der Waals surface area contributed by atoms with E-state index in [-0.39, 0.29) is 11.3 Å². The number of hydrogen-bond donors (Lipinski definition) is 1. The maximum Gasteiger partial charge on any atom is 0.175 e. The van der Waals surface area contributed by atoms with Gasteiger partial charge in [0.15, 0.2) is 9.84 Å². The zero-order chi connectivity index (χ0) is 15.8. The lowest BCUT2D eigenvalue weighted by Gasteiger charge is -2.12. The van der Waals surface area contributed by atoms with Crippen LogP contribution in [0.15, 0.2) is 29.2 Å². The molecule has 0 bridgehead atoms. The van der Waals surface area contributed by atoms with Gasteiger partial charge in [-0.25, -0.2) is 8.42 Å². The summed E-state index contributed by atoms with van der Waals surface area (Å²) < 4.78 is 24.7. The van der Waals surface area contributed by atoms with Crippen LogP contribution in [-0.2, 0) is 23.3 Å². The number of rotatable bonds is 4. The predicted octanol–water partition coefficient (Wildman–Crippen LogP) is 2.06. The van der Waals surface area contributed by atoms with Gasteiger partial charge in [0.25, 0.3) is 0 Å². The average Bonchev–Trinajstić information content (AvgIpc) is 2.64. The molecule has 0 radical (unpaired) electrons. The predicted molar refractivity (Wildman–Crippen MR) is 81.2 cm³/mol. The summed E-state index contributed by atoms with van der Waals surface area (Å²) in [6, 6.07) is 6.30. The average molecular weight is 329 g/mol. The molecule has 0 saturated heterocycles. The molecule has 0 aliphatic carbocycles. The van der Waals surface area contributed by atoms with Crippen molar-refractivity contribution in [2.75, 3.05) is 6.26 Å². The van der Waals surface area contributed by atoms with Crippen molar-refractivity contribution >= 4 is 21.4 Å². The standard InChI is InChI=1S/C14H17ClN2O3S/c1-9-14(15)12(17(2)16-9)8-13(18)10-5-4-6-11(7-10)21(3,19)20/h4-7,13,18H,8H2,1-3H3. The molecule has 0 saturated carbocycles. The molecule has 114 valence electrons. The normalized spacial score (nSPS) is 13.4. The van der Waals surface area contributed by atoms with Crippen LogP contribution in [0, 0.1) is 6.92 Å². The Kier molecular flexibility index (Phi) is 4.41. The molecule has 1 heterocycles. The number of benzene rings is 1. The molecular weight excluding hydrogens is 312 g/mol. The number of aryl methyl sites for hydroxylation is 2. The van der Waals surface area contributed by atoms with Crippen LogP contribution < -0.4 is 0 Å². The summed E-state index contributed by atoms with van der Waals surface area (Å²) in [4.78, 5) is 0.186. The van der Waals surface area contributed by atoms with Crippen LogP contribution in [-0.4, -0.2) is 29.6 Å². The van der Waals surface area contributed by atoms with Crippen LogP contribution in [0.2, 0.25) is 5.02 Å².